The van der Waals surface area contributed by atoms with E-state index >= 15 is 0 Å². The largest absolute Gasteiger partial charge is 0.456 e. The molecular weight excluding hydrogens is 396 g/mol. The quantitative estimate of drug-likeness (QED) is 0.308. The second kappa shape index (κ2) is 9.43. The molecule has 3 nitrogen and oxygen atoms in total. The molecule has 0 aromatic heterocycles. The topological polar surface area (TPSA) is 35.5 Å². The maximum Gasteiger partial charge on any atom is 0.332 e. The molecule has 8 atom stereocenters. The van der Waals surface area contributed by atoms with E-state index in [1.807, 2.05) is 0 Å². The number of rotatable bonds is 7. The lowest BCUT2D eigenvalue weighted by molar-refractivity contribution is -0.152. The van der Waals surface area contributed by atoms with Crippen LogP contribution in [0.2, 0.25) is 0 Å². The first-order chi connectivity index (χ1) is 15.2. The fourth-order valence-corrected chi connectivity index (χ4v) is 8.88. The van der Waals surface area contributed by atoms with Gasteiger partial charge in [0.2, 0.25) is 0 Å². The van der Waals surface area contributed by atoms with Crippen LogP contribution in [0.15, 0.2) is 11.6 Å². The van der Waals surface area contributed by atoms with E-state index in [0.29, 0.717) is 10.8 Å². The van der Waals surface area contributed by atoms with Gasteiger partial charge in [0.25, 0.3) is 0 Å². The molecule has 0 saturated heterocycles. The maximum atomic E-state index is 11.9. The van der Waals surface area contributed by atoms with Gasteiger partial charge in [-0.25, -0.2) is 4.79 Å². The molecule has 0 amide bonds. The highest BCUT2D eigenvalue weighted by Crippen LogP contribution is 2.67. The van der Waals surface area contributed by atoms with E-state index in [4.69, 9.17) is 9.47 Å². The van der Waals surface area contributed by atoms with Crippen LogP contribution in [0.4, 0.5) is 0 Å². The third-order valence-corrected chi connectivity index (χ3v) is 10.6. The molecule has 0 aliphatic heterocycles. The van der Waals surface area contributed by atoms with Gasteiger partial charge < -0.3 is 9.47 Å². The summed E-state index contributed by atoms with van der Waals surface area (Å²) in [5.41, 5.74) is 2.46. The number of hydrogen-bond acceptors (Lipinski definition) is 3. The van der Waals surface area contributed by atoms with Gasteiger partial charge >= 0.3 is 5.97 Å². The number of carbonyl (C=O) groups is 1. The van der Waals surface area contributed by atoms with E-state index in [-0.39, 0.29) is 18.7 Å². The van der Waals surface area contributed by atoms with Crippen LogP contribution in [0.1, 0.15) is 98.8 Å². The number of ether oxygens (including phenoxy) is 2. The van der Waals surface area contributed by atoms with Crippen LogP contribution in [0, 0.1) is 46.3 Å². The van der Waals surface area contributed by atoms with Gasteiger partial charge in [-0.05, 0) is 104 Å². The summed E-state index contributed by atoms with van der Waals surface area (Å²) in [4.78, 5) is 11.9. The van der Waals surface area contributed by atoms with Gasteiger partial charge in [-0.15, -0.1) is 0 Å². The predicted molar refractivity (Wildman–Crippen MR) is 130 cm³/mol. The zero-order chi connectivity index (χ0) is 23.1. The SMILES string of the molecule is COCC(=O)OC1C=C2CC[C@H]3[C@@H]4CC[C@H]([C@H](C)CCC(C)C)[C@@]4(C)CC[C@@H]3[C@@]2(C)CC1. The normalized spacial score (nSPS) is 42.0. The Morgan fingerprint density at radius 3 is 2.53 bits per heavy atom. The Labute approximate surface area is 197 Å². The van der Waals surface area contributed by atoms with Crippen LogP contribution in [0.3, 0.4) is 0 Å². The Morgan fingerprint density at radius 1 is 1.03 bits per heavy atom. The molecule has 4 aliphatic rings. The minimum absolute atomic E-state index is 0.0520. The molecular formula is C29H48O3. The van der Waals surface area contributed by atoms with E-state index in [0.717, 1.165) is 41.9 Å². The Bertz CT molecular complexity index is 711. The first-order valence-corrected chi connectivity index (χ1v) is 13.6. The number of hydrogen-bond donors (Lipinski definition) is 0. The van der Waals surface area contributed by atoms with Crippen molar-refractivity contribution in [2.24, 2.45) is 46.3 Å². The number of methoxy groups -OCH3 is 1. The highest BCUT2D eigenvalue weighted by Gasteiger charge is 2.59. The van der Waals surface area contributed by atoms with E-state index < -0.39 is 0 Å². The number of carbonyl (C=O) groups excluding carboxylic acids is 1. The van der Waals surface area contributed by atoms with Gasteiger partial charge in [0.05, 0.1) is 0 Å². The molecule has 4 rings (SSSR count). The van der Waals surface area contributed by atoms with Crippen LogP contribution in [-0.2, 0) is 14.3 Å². The molecule has 0 N–H and O–H groups in total. The molecule has 4 aliphatic carbocycles. The lowest BCUT2D eigenvalue weighted by Gasteiger charge is -2.59. The molecule has 3 fully saturated rings. The maximum absolute atomic E-state index is 11.9. The second-order valence-corrected chi connectivity index (χ2v) is 12.7. The smallest absolute Gasteiger partial charge is 0.332 e. The fourth-order valence-electron chi connectivity index (χ4n) is 8.88. The summed E-state index contributed by atoms with van der Waals surface area (Å²) >= 11 is 0. The Morgan fingerprint density at radius 2 is 1.81 bits per heavy atom. The average molecular weight is 445 g/mol. The van der Waals surface area contributed by atoms with E-state index in [2.05, 4.69) is 40.7 Å². The zero-order valence-electron chi connectivity index (χ0n) is 21.6. The lowest BCUT2D eigenvalue weighted by atomic mass is 9.46. The molecule has 32 heavy (non-hydrogen) atoms. The van der Waals surface area contributed by atoms with Crippen LogP contribution < -0.4 is 0 Å². The van der Waals surface area contributed by atoms with Crippen molar-refractivity contribution in [2.45, 2.75) is 105 Å². The molecule has 3 heteroatoms. The van der Waals surface area contributed by atoms with Crippen molar-refractivity contribution in [1.82, 2.24) is 0 Å². The van der Waals surface area contributed by atoms with E-state index in [9.17, 15) is 4.79 Å². The van der Waals surface area contributed by atoms with Crippen LogP contribution >= 0.6 is 0 Å². The number of allylic oxidation sites excluding steroid dienone is 1. The minimum atomic E-state index is -0.233. The van der Waals surface area contributed by atoms with Crippen LogP contribution in [0.5, 0.6) is 0 Å². The first kappa shape index (κ1) is 24.3. The van der Waals surface area contributed by atoms with Gasteiger partial charge in [0, 0.05) is 7.11 Å². The molecule has 0 bridgehead atoms. The van der Waals surface area contributed by atoms with Crippen LogP contribution in [0.25, 0.3) is 0 Å². The molecule has 0 aromatic rings. The second-order valence-electron chi connectivity index (χ2n) is 12.7. The van der Waals surface area contributed by atoms with E-state index in [1.165, 1.54) is 57.8 Å². The Hall–Kier alpha value is -0.830. The molecule has 182 valence electrons. The summed E-state index contributed by atoms with van der Waals surface area (Å²) in [6, 6.07) is 0. The summed E-state index contributed by atoms with van der Waals surface area (Å²) in [5.74, 6) is 5.02. The van der Waals surface area contributed by atoms with Gasteiger partial charge in [-0.2, -0.15) is 0 Å². The minimum Gasteiger partial charge on any atom is -0.456 e. The fraction of sp³-hybridized carbons (Fsp3) is 0.897. The lowest BCUT2D eigenvalue weighted by Crippen LogP contribution is -2.51. The van der Waals surface area contributed by atoms with Crippen molar-refractivity contribution in [1.29, 1.82) is 0 Å². The molecule has 0 spiro atoms. The van der Waals surface area contributed by atoms with Gasteiger partial charge in [-0.3, -0.25) is 0 Å². The van der Waals surface area contributed by atoms with E-state index in [1.54, 1.807) is 12.7 Å². The highest BCUT2D eigenvalue weighted by atomic mass is 16.6. The van der Waals surface area contributed by atoms with Crippen LogP contribution in [-0.4, -0.2) is 25.8 Å². The van der Waals surface area contributed by atoms with Crippen molar-refractivity contribution < 1.29 is 14.3 Å². The average Bonchev–Trinajstić information content (AvgIpc) is 3.09. The Kier molecular flexibility index (Phi) is 7.16. The standard InChI is InChI=1S/C29H48O3/c1-19(2)7-8-20(3)24-11-12-25-23-10-9-21-17-22(32-27(30)18-31-6)13-15-28(21,4)26(23)14-16-29(24,25)5/h17,19-20,22-26H,7-16,18H2,1-6H3/t20-,22?,23+,24-,25+,26+,28+,29-/m1/s1. The molecule has 0 heterocycles. The molecule has 1 unspecified atom stereocenters. The van der Waals surface area contributed by atoms with Crippen molar-refractivity contribution in [3.63, 3.8) is 0 Å². The zero-order valence-corrected chi connectivity index (χ0v) is 21.6. The summed E-state index contributed by atoms with van der Waals surface area (Å²) in [5, 5.41) is 0. The van der Waals surface area contributed by atoms with Crippen molar-refractivity contribution in [3.05, 3.63) is 11.6 Å². The monoisotopic (exact) mass is 444 g/mol. The summed E-state index contributed by atoms with van der Waals surface area (Å²) in [7, 11) is 1.55. The summed E-state index contributed by atoms with van der Waals surface area (Å²) in [6.07, 6.45) is 15.5. The molecule has 0 radical (unpaired) electrons. The van der Waals surface area contributed by atoms with Gasteiger partial charge in [0.1, 0.15) is 12.7 Å². The van der Waals surface area contributed by atoms with Crippen molar-refractivity contribution in [2.75, 3.05) is 13.7 Å². The molecule has 3 saturated carbocycles. The van der Waals surface area contributed by atoms with Crippen molar-refractivity contribution >= 4 is 5.97 Å². The number of fused-ring (bicyclic) bond motifs is 5. The molecule has 0 aromatic carbocycles. The van der Waals surface area contributed by atoms with Gasteiger partial charge in [-0.1, -0.05) is 53.0 Å². The summed E-state index contributed by atoms with van der Waals surface area (Å²) in [6.45, 7) is 12.6. The first-order valence-electron chi connectivity index (χ1n) is 13.6. The third kappa shape index (κ3) is 4.32. The number of esters is 1. The summed E-state index contributed by atoms with van der Waals surface area (Å²) < 4.78 is 10.6. The van der Waals surface area contributed by atoms with Gasteiger partial charge in [0.15, 0.2) is 0 Å². The van der Waals surface area contributed by atoms with Crippen molar-refractivity contribution in [3.8, 4) is 0 Å². The predicted octanol–water partition coefficient (Wildman–Crippen LogP) is 7.20. The highest BCUT2D eigenvalue weighted by molar-refractivity contribution is 5.71. The third-order valence-electron chi connectivity index (χ3n) is 10.6. The Balaban J connectivity index is 1.47.